The summed E-state index contributed by atoms with van der Waals surface area (Å²) in [5.74, 6) is -0.336. The molecule has 0 atom stereocenters. The van der Waals surface area contributed by atoms with Gasteiger partial charge < -0.3 is 16.4 Å². The molecular formula is C12H16BrClF2N4O. The zero-order chi connectivity index (χ0) is 15.0. The number of halogens is 4. The number of nitrogens with two attached hydrogens (primary N) is 1. The van der Waals surface area contributed by atoms with Crippen LogP contribution in [0.5, 0.6) is 0 Å². The minimum Gasteiger partial charge on any atom is -0.370 e. The van der Waals surface area contributed by atoms with Crippen LogP contribution in [0, 0.1) is 0 Å². The summed E-state index contributed by atoms with van der Waals surface area (Å²) >= 11 is 5.71. The lowest BCUT2D eigenvalue weighted by atomic mass is 10.2. The van der Waals surface area contributed by atoms with Crippen molar-refractivity contribution in [2.75, 3.05) is 19.6 Å². The highest BCUT2D eigenvalue weighted by molar-refractivity contribution is 8.93. The zero-order valence-electron chi connectivity index (χ0n) is 11.0. The van der Waals surface area contributed by atoms with Crippen molar-refractivity contribution in [3.8, 4) is 0 Å². The SMILES string of the molecule is Br.NC(=NCC(F)F)NCCNC(=O)c1ccc(Cl)cc1. The van der Waals surface area contributed by atoms with E-state index in [0.29, 0.717) is 10.6 Å². The van der Waals surface area contributed by atoms with Crippen molar-refractivity contribution >= 4 is 40.4 Å². The van der Waals surface area contributed by atoms with Crippen LogP contribution in [-0.2, 0) is 0 Å². The van der Waals surface area contributed by atoms with E-state index in [0.717, 1.165) is 0 Å². The molecule has 1 rings (SSSR count). The summed E-state index contributed by atoms with van der Waals surface area (Å²) < 4.78 is 23.7. The highest BCUT2D eigenvalue weighted by Gasteiger charge is 2.04. The molecule has 118 valence electrons. The molecule has 0 saturated carbocycles. The average molecular weight is 386 g/mol. The molecule has 0 radical (unpaired) electrons. The van der Waals surface area contributed by atoms with E-state index in [2.05, 4.69) is 15.6 Å². The second-order valence-electron chi connectivity index (χ2n) is 3.81. The fourth-order valence-electron chi connectivity index (χ4n) is 1.29. The van der Waals surface area contributed by atoms with Gasteiger partial charge in [0.2, 0.25) is 0 Å². The van der Waals surface area contributed by atoms with Gasteiger partial charge in [0.05, 0.1) is 0 Å². The lowest BCUT2D eigenvalue weighted by Gasteiger charge is -2.07. The number of rotatable bonds is 6. The van der Waals surface area contributed by atoms with E-state index < -0.39 is 13.0 Å². The van der Waals surface area contributed by atoms with Crippen molar-refractivity contribution in [3.63, 3.8) is 0 Å². The van der Waals surface area contributed by atoms with Crippen LogP contribution in [0.15, 0.2) is 29.3 Å². The van der Waals surface area contributed by atoms with Crippen LogP contribution in [0.2, 0.25) is 5.02 Å². The lowest BCUT2D eigenvalue weighted by molar-refractivity contribution is 0.0954. The van der Waals surface area contributed by atoms with Gasteiger partial charge in [0.25, 0.3) is 12.3 Å². The van der Waals surface area contributed by atoms with Crippen LogP contribution in [0.1, 0.15) is 10.4 Å². The predicted octanol–water partition coefficient (Wildman–Crippen LogP) is 1.82. The third-order valence-electron chi connectivity index (χ3n) is 2.22. The van der Waals surface area contributed by atoms with Gasteiger partial charge in [-0.05, 0) is 24.3 Å². The maximum atomic E-state index is 11.8. The molecule has 0 aromatic heterocycles. The highest BCUT2D eigenvalue weighted by Crippen LogP contribution is 2.08. The summed E-state index contributed by atoms with van der Waals surface area (Å²) in [7, 11) is 0. The lowest BCUT2D eigenvalue weighted by Crippen LogP contribution is -2.38. The standard InChI is InChI=1S/C12H15ClF2N4O.BrH/c13-9-3-1-8(2-4-9)11(20)17-5-6-18-12(16)19-7-10(14)15;/h1-4,10H,5-7H2,(H,17,20)(H3,16,18,19);1H. The number of nitrogens with one attached hydrogen (secondary N) is 2. The number of nitrogens with zero attached hydrogens (tertiary/aromatic N) is 1. The summed E-state index contributed by atoms with van der Waals surface area (Å²) in [5, 5.41) is 5.80. The van der Waals surface area contributed by atoms with Crippen LogP contribution >= 0.6 is 28.6 Å². The Balaban J connectivity index is 0.00000400. The molecule has 9 heteroatoms. The van der Waals surface area contributed by atoms with E-state index in [-0.39, 0.29) is 41.9 Å². The van der Waals surface area contributed by atoms with E-state index in [1.165, 1.54) is 0 Å². The fraction of sp³-hybridized carbons (Fsp3) is 0.333. The molecule has 0 aliphatic rings. The first-order valence-electron chi connectivity index (χ1n) is 5.84. The van der Waals surface area contributed by atoms with Crippen LogP contribution in [0.25, 0.3) is 0 Å². The third-order valence-corrected chi connectivity index (χ3v) is 2.47. The molecule has 0 spiro atoms. The molecular weight excluding hydrogens is 370 g/mol. The summed E-state index contributed by atoms with van der Waals surface area (Å²) in [6.07, 6.45) is -2.53. The van der Waals surface area contributed by atoms with E-state index >= 15 is 0 Å². The van der Waals surface area contributed by atoms with Crippen molar-refractivity contribution in [3.05, 3.63) is 34.9 Å². The molecule has 0 fully saturated rings. The molecule has 0 bridgehead atoms. The molecule has 21 heavy (non-hydrogen) atoms. The molecule has 0 heterocycles. The first kappa shape index (κ1) is 19.6. The number of hydrogen-bond donors (Lipinski definition) is 3. The van der Waals surface area contributed by atoms with Crippen molar-refractivity contribution in [1.82, 2.24) is 10.6 Å². The third kappa shape index (κ3) is 8.46. The summed E-state index contributed by atoms with van der Waals surface area (Å²) in [6, 6.07) is 6.43. The van der Waals surface area contributed by atoms with Gasteiger partial charge in [0, 0.05) is 23.7 Å². The first-order valence-corrected chi connectivity index (χ1v) is 6.22. The molecule has 5 nitrogen and oxygen atoms in total. The molecule has 0 saturated heterocycles. The molecule has 1 amide bonds. The first-order chi connectivity index (χ1) is 9.49. The predicted molar refractivity (Wildman–Crippen MR) is 84.6 cm³/mol. The number of benzene rings is 1. The monoisotopic (exact) mass is 384 g/mol. The van der Waals surface area contributed by atoms with Gasteiger partial charge in [-0.25, -0.2) is 13.8 Å². The molecule has 1 aromatic carbocycles. The Morgan fingerprint density at radius 1 is 1.24 bits per heavy atom. The molecule has 0 aliphatic carbocycles. The van der Waals surface area contributed by atoms with Crippen LogP contribution < -0.4 is 16.4 Å². The number of carbonyl (C=O) groups is 1. The van der Waals surface area contributed by atoms with E-state index in [1.54, 1.807) is 24.3 Å². The Hall–Kier alpha value is -1.41. The smallest absolute Gasteiger partial charge is 0.257 e. The second kappa shape index (κ2) is 10.3. The van der Waals surface area contributed by atoms with Crippen molar-refractivity contribution < 1.29 is 13.6 Å². The van der Waals surface area contributed by atoms with Gasteiger partial charge in [-0.15, -0.1) is 17.0 Å². The molecule has 0 unspecified atom stereocenters. The fourth-order valence-corrected chi connectivity index (χ4v) is 1.42. The minimum atomic E-state index is -2.53. The largest absolute Gasteiger partial charge is 0.370 e. The number of alkyl halides is 2. The quantitative estimate of drug-likeness (QED) is 0.397. The average Bonchev–Trinajstić information content (AvgIpc) is 2.42. The molecule has 0 aliphatic heterocycles. The van der Waals surface area contributed by atoms with Crippen LogP contribution in [0.3, 0.4) is 0 Å². The molecule has 1 aromatic rings. The van der Waals surface area contributed by atoms with Gasteiger partial charge in [-0.3, -0.25) is 4.79 Å². The Morgan fingerprint density at radius 3 is 2.38 bits per heavy atom. The van der Waals surface area contributed by atoms with E-state index in [1.807, 2.05) is 0 Å². The summed E-state index contributed by atoms with van der Waals surface area (Å²) in [6.45, 7) is -0.0692. The van der Waals surface area contributed by atoms with E-state index in [9.17, 15) is 13.6 Å². The number of amides is 1. The zero-order valence-corrected chi connectivity index (χ0v) is 13.5. The second-order valence-corrected chi connectivity index (χ2v) is 4.24. The van der Waals surface area contributed by atoms with Crippen LogP contribution in [0.4, 0.5) is 8.78 Å². The topological polar surface area (TPSA) is 79.5 Å². The number of guanidine groups is 1. The van der Waals surface area contributed by atoms with Crippen molar-refractivity contribution in [1.29, 1.82) is 0 Å². The maximum Gasteiger partial charge on any atom is 0.257 e. The maximum absolute atomic E-state index is 11.8. The molecule has 4 N–H and O–H groups in total. The minimum absolute atomic E-state index is 0. The van der Waals surface area contributed by atoms with E-state index in [4.69, 9.17) is 17.3 Å². The number of aliphatic imine (C=N–C) groups is 1. The normalized spacial score (nSPS) is 11.0. The van der Waals surface area contributed by atoms with Crippen molar-refractivity contribution in [2.45, 2.75) is 6.43 Å². The summed E-state index contributed by atoms with van der Waals surface area (Å²) in [5.41, 5.74) is 5.83. The van der Waals surface area contributed by atoms with Gasteiger partial charge in [-0.1, -0.05) is 11.6 Å². The Morgan fingerprint density at radius 2 is 1.81 bits per heavy atom. The van der Waals surface area contributed by atoms with Crippen molar-refractivity contribution in [2.24, 2.45) is 10.7 Å². The van der Waals surface area contributed by atoms with Gasteiger partial charge >= 0.3 is 0 Å². The van der Waals surface area contributed by atoms with Gasteiger partial charge in [-0.2, -0.15) is 0 Å². The Labute approximate surface area is 136 Å². The van der Waals surface area contributed by atoms with Gasteiger partial charge in [0.15, 0.2) is 5.96 Å². The number of hydrogen-bond acceptors (Lipinski definition) is 2. The number of carbonyl (C=O) groups excluding carboxylic acids is 1. The highest BCUT2D eigenvalue weighted by atomic mass is 79.9. The van der Waals surface area contributed by atoms with Gasteiger partial charge in [0.1, 0.15) is 6.54 Å². The Bertz CT molecular complexity index is 471. The summed E-state index contributed by atoms with van der Waals surface area (Å²) in [4.78, 5) is 15.1. The Kier molecular flexibility index (Phi) is 9.64. The van der Waals surface area contributed by atoms with Crippen LogP contribution in [-0.4, -0.2) is 37.9 Å².